The van der Waals surface area contributed by atoms with Gasteiger partial charge in [0.2, 0.25) is 0 Å². The average molecular weight is 308 g/mol. The third-order valence-corrected chi connectivity index (χ3v) is 3.51. The second-order valence-electron chi connectivity index (χ2n) is 3.80. The molecule has 2 nitrogen and oxygen atoms in total. The Kier molecular flexibility index (Phi) is 2.65. The Labute approximate surface area is 112 Å². The van der Waals surface area contributed by atoms with E-state index in [-0.39, 0.29) is 0 Å². The van der Waals surface area contributed by atoms with Gasteiger partial charge in [-0.05, 0) is 35.4 Å². The monoisotopic (exact) mass is 306 g/mol. The summed E-state index contributed by atoms with van der Waals surface area (Å²) in [7, 11) is 0. The summed E-state index contributed by atoms with van der Waals surface area (Å²) in [5.74, 6) is 0. The van der Waals surface area contributed by atoms with Crippen LogP contribution < -0.4 is 0 Å². The zero-order valence-corrected chi connectivity index (χ0v) is 11.1. The Hall–Kier alpha value is -1.32. The number of halogens is 2. The van der Waals surface area contributed by atoms with Crippen molar-refractivity contribution in [1.82, 2.24) is 10.2 Å². The van der Waals surface area contributed by atoms with Crippen molar-refractivity contribution in [3.8, 4) is 11.1 Å². The maximum absolute atomic E-state index is 6.20. The molecule has 0 saturated carbocycles. The van der Waals surface area contributed by atoms with Crippen LogP contribution in [0.25, 0.3) is 22.0 Å². The Bertz CT molecular complexity index is 673. The Morgan fingerprint density at radius 1 is 1.06 bits per heavy atom. The standard InChI is InChI=1S/C13H8BrClN2/c14-11-3-1-8(2-4-11)9-5-10-7-16-17-13(10)12(15)6-9/h1-7H,(H,16,17). The molecule has 1 N–H and O–H groups in total. The van der Waals surface area contributed by atoms with Crippen LogP contribution in [0.4, 0.5) is 0 Å². The first-order valence-electron chi connectivity index (χ1n) is 5.12. The van der Waals surface area contributed by atoms with Crippen LogP contribution in [0.15, 0.2) is 47.1 Å². The molecule has 0 aliphatic heterocycles. The van der Waals surface area contributed by atoms with Gasteiger partial charge < -0.3 is 0 Å². The van der Waals surface area contributed by atoms with Crippen molar-refractivity contribution in [2.24, 2.45) is 0 Å². The first-order chi connectivity index (χ1) is 8.24. The Balaban J connectivity index is 2.20. The Morgan fingerprint density at radius 3 is 2.59 bits per heavy atom. The number of hydrogen-bond acceptors (Lipinski definition) is 1. The quantitative estimate of drug-likeness (QED) is 0.697. The highest BCUT2D eigenvalue weighted by molar-refractivity contribution is 9.10. The lowest BCUT2D eigenvalue weighted by atomic mass is 10.0. The van der Waals surface area contributed by atoms with Gasteiger partial charge in [0.15, 0.2) is 0 Å². The fourth-order valence-corrected chi connectivity index (χ4v) is 2.36. The minimum atomic E-state index is 0.693. The molecule has 4 heteroatoms. The molecule has 0 aliphatic rings. The van der Waals surface area contributed by atoms with Crippen LogP contribution in [0.2, 0.25) is 5.02 Å². The van der Waals surface area contributed by atoms with Gasteiger partial charge >= 0.3 is 0 Å². The molecule has 1 aromatic heterocycles. The molecule has 0 saturated heterocycles. The molecule has 2 aromatic carbocycles. The first-order valence-corrected chi connectivity index (χ1v) is 6.30. The molecule has 3 rings (SSSR count). The summed E-state index contributed by atoms with van der Waals surface area (Å²) in [6.45, 7) is 0. The van der Waals surface area contributed by atoms with Crippen molar-refractivity contribution >= 4 is 38.4 Å². The number of fused-ring (bicyclic) bond motifs is 1. The van der Waals surface area contributed by atoms with Gasteiger partial charge in [0.05, 0.1) is 16.7 Å². The van der Waals surface area contributed by atoms with E-state index in [4.69, 9.17) is 11.6 Å². The van der Waals surface area contributed by atoms with Crippen LogP contribution in [-0.4, -0.2) is 10.2 Å². The maximum Gasteiger partial charge on any atom is 0.0836 e. The number of rotatable bonds is 1. The summed E-state index contributed by atoms with van der Waals surface area (Å²) in [5, 5.41) is 8.60. The van der Waals surface area contributed by atoms with Gasteiger partial charge in [-0.1, -0.05) is 39.7 Å². The van der Waals surface area contributed by atoms with Crippen LogP contribution in [0.3, 0.4) is 0 Å². The first kappa shape index (κ1) is 10.8. The average Bonchev–Trinajstić information content (AvgIpc) is 2.78. The fourth-order valence-electron chi connectivity index (χ4n) is 1.82. The summed E-state index contributed by atoms with van der Waals surface area (Å²) in [5.41, 5.74) is 3.11. The van der Waals surface area contributed by atoms with Crippen molar-refractivity contribution in [3.63, 3.8) is 0 Å². The van der Waals surface area contributed by atoms with E-state index in [1.165, 1.54) is 0 Å². The van der Waals surface area contributed by atoms with Gasteiger partial charge in [0.25, 0.3) is 0 Å². The van der Waals surface area contributed by atoms with Crippen molar-refractivity contribution in [1.29, 1.82) is 0 Å². The van der Waals surface area contributed by atoms with E-state index >= 15 is 0 Å². The highest BCUT2D eigenvalue weighted by Crippen LogP contribution is 2.30. The van der Waals surface area contributed by atoms with E-state index in [0.29, 0.717) is 5.02 Å². The van der Waals surface area contributed by atoms with Crippen molar-refractivity contribution < 1.29 is 0 Å². The zero-order valence-electron chi connectivity index (χ0n) is 8.74. The lowest BCUT2D eigenvalue weighted by Gasteiger charge is -2.03. The molecule has 0 spiro atoms. The fraction of sp³-hybridized carbons (Fsp3) is 0. The number of hydrogen-bond donors (Lipinski definition) is 1. The van der Waals surface area contributed by atoms with Gasteiger partial charge in [-0.3, -0.25) is 5.10 Å². The highest BCUT2D eigenvalue weighted by atomic mass is 79.9. The van der Waals surface area contributed by atoms with Crippen LogP contribution >= 0.6 is 27.5 Å². The minimum Gasteiger partial charge on any atom is -0.276 e. The molecule has 0 radical (unpaired) electrons. The van der Waals surface area contributed by atoms with E-state index in [1.807, 2.05) is 18.2 Å². The predicted molar refractivity (Wildman–Crippen MR) is 74.2 cm³/mol. The molecule has 17 heavy (non-hydrogen) atoms. The highest BCUT2D eigenvalue weighted by Gasteiger charge is 2.05. The minimum absolute atomic E-state index is 0.693. The predicted octanol–water partition coefficient (Wildman–Crippen LogP) is 4.65. The second-order valence-corrected chi connectivity index (χ2v) is 5.12. The number of benzene rings is 2. The van der Waals surface area contributed by atoms with Crippen LogP contribution in [0.5, 0.6) is 0 Å². The van der Waals surface area contributed by atoms with Gasteiger partial charge in [0.1, 0.15) is 0 Å². The number of aromatic amines is 1. The molecule has 3 aromatic rings. The molecular formula is C13H8BrClN2. The zero-order chi connectivity index (χ0) is 11.8. The van der Waals surface area contributed by atoms with Crippen LogP contribution in [0.1, 0.15) is 0 Å². The van der Waals surface area contributed by atoms with E-state index in [0.717, 1.165) is 26.5 Å². The second kappa shape index (κ2) is 4.17. The van der Waals surface area contributed by atoms with E-state index < -0.39 is 0 Å². The lowest BCUT2D eigenvalue weighted by molar-refractivity contribution is 1.12. The Morgan fingerprint density at radius 2 is 1.82 bits per heavy atom. The molecule has 0 bridgehead atoms. The van der Waals surface area contributed by atoms with Crippen molar-refractivity contribution in [2.45, 2.75) is 0 Å². The maximum atomic E-state index is 6.20. The number of H-pyrrole nitrogens is 1. The van der Waals surface area contributed by atoms with Crippen LogP contribution in [-0.2, 0) is 0 Å². The SMILES string of the molecule is Clc1cc(-c2ccc(Br)cc2)cc2cn[nH]c12. The summed E-state index contributed by atoms with van der Waals surface area (Å²) in [4.78, 5) is 0. The summed E-state index contributed by atoms with van der Waals surface area (Å²) in [6, 6.07) is 12.2. The number of nitrogens with one attached hydrogen (secondary N) is 1. The molecule has 0 fully saturated rings. The molecule has 0 amide bonds. The summed E-state index contributed by atoms with van der Waals surface area (Å²) < 4.78 is 1.07. The van der Waals surface area contributed by atoms with Crippen molar-refractivity contribution in [3.05, 3.63) is 52.1 Å². The van der Waals surface area contributed by atoms with E-state index in [9.17, 15) is 0 Å². The van der Waals surface area contributed by atoms with Gasteiger partial charge in [-0.15, -0.1) is 0 Å². The molecular weight excluding hydrogens is 300 g/mol. The largest absolute Gasteiger partial charge is 0.276 e. The summed E-state index contributed by atoms with van der Waals surface area (Å²) >= 11 is 9.63. The van der Waals surface area contributed by atoms with Crippen LogP contribution in [0, 0.1) is 0 Å². The molecule has 0 atom stereocenters. The topological polar surface area (TPSA) is 28.7 Å². The third kappa shape index (κ3) is 1.96. The van der Waals surface area contributed by atoms with Gasteiger partial charge in [-0.2, -0.15) is 5.10 Å². The molecule has 84 valence electrons. The normalized spacial score (nSPS) is 10.9. The lowest BCUT2D eigenvalue weighted by Crippen LogP contribution is -1.79. The van der Waals surface area contributed by atoms with Gasteiger partial charge in [0, 0.05) is 9.86 Å². The third-order valence-electron chi connectivity index (χ3n) is 2.68. The van der Waals surface area contributed by atoms with Crippen molar-refractivity contribution in [2.75, 3.05) is 0 Å². The number of nitrogens with zero attached hydrogens (tertiary/aromatic N) is 1. The molecule has 0 aliphatic carbocycles. The van der Waals surface area contributed by atoms with Gasteiger partial charge in [-0.25, -0.2) is 0 Å². The molecule has 0 unspecified atom stereocenters. The summed E-state index contributed by atoms with van der Waals surface area (Å²) in [6.07, 6.45) is 1.78. The molecule has 1 heterocycles. The van der Waals surface area contributed by atoms with E-state index in [2.05, 4.69) is 44.3 Å². The number of aromatic nitrogens is 2. The van der Waals surface area contributed by atoms with E-state index in [1.54, 1.807) is 6.20 Å². The smallest absolute Gasteiger partial charge is 0.0836 e.